The van der Waals surface area contributed by atoms with Crippen LogP contribution < -0.4 is 9.64 Å². The highest BCUT2D eigenvalue weighted by Gasteiger charge is 2.51. The molecule has 1 atom stereocenters. The van der Waals surface area contributed by atoms with E-state index in [-0.39, 0.29) is 0 Å². The zero-order chi connectivity index (χ0) is 50.7. The van der Waals surface area contributed by atoms with Crippen LogP contribution in [0.1, 0.15) is 44.5 Å². The first-order valence-electron chi connectivity index (χ1n) is 26.6. The van der Waals surface area contributed by atoms with Crippen LogP contribution in [-0.4, -0.2) is 0 Å². The van der Waals surface area contributed by atoms with E-state index in [1.165, 1.54) is 98.1 Å². The quantitative estimate of drug-likeness (QED) is 0.158. The molecule has 0 radical (unpaired) electrons. The summed E-state index contributed by atoms with van der Waals surface area (Å²) >= 11 is 1.86. The SMILES string of the molecule is c1ccc(-c2ccc3c(c2)C(c2ccccc2)(c2cccc(N(c4ccc5c(c4)C4(c6ccccc6O5)c5ccccc5-c5ccccc54)c4ccc5sc6cccc(-c7ccccc7)c6c5c4)c2)c2ccccc2-3)cc1. The predicted molar refractivity (Wildman–Crippen MR) is 320 cm³/mol. The third kappa shape index (κ3) is 6.29. The summed E-state index contributed by atoms with van der Waals surface area (Å²) in [4.78, 5) is 2.50. The van der Waals surface area contributed by atoms with Gasteiger partial charge in [-0.3, -0.25) is 0 Å². The molecule has 1 unspecified atom stereocenters. The largest absolute Gasteiger partial charge is 0.457 e. The molecule has 1 aromatic heterocycles. The van der Waals surface area contributed by atoms with Crippen LogP contribution in [0.25, 0.3) is 64.7 Å². The summed E-state index contributed by atoms with van der Waals surface area (Å²) in [6.07, 6.45) is 0. The molecule has 2 heterocycles. The van der Waals surface area contributed by atoms with E-state index in [0.29, 0.717) is 0 Å². The van der Waals surface area contributed by atoms with Gasteiger partial charge in [0.1, 0.15) is 11.5 Å². The van der Waals surface area contributed by atoms with Gasteiger partial charge in [0.2, 0.25) is 0 Å². The molecule has 13 aromatic rings. The van der Waals surface area contributed by atoms with Gasteiger partial charge in [-0.1, -0.05) is 218 Å². The van der Waals surface area contributed by atoms with Crippen LogP contribution in [0.3, 0.4) is 0 Å². The fraction of sp³-hybridized carbons (Fsp3) is 0.0270. The van der Waals surface area contributed by atoms with E-state index in [2.05, 4.69) is 290 Å². The first-order chi connectivity index (χ1) is 38.2. The van der Waals surface area contributed by atoms with Gasteiger partial charge in [-0.05, 0) is 145 Å². The fourth-order valence-corrected chi connectivity index (χ4v) is 14.8. The lowest BCUT2D eigenvalue weighted by Gasteiger charge is -2.40. The van der Waals surface area contributed by atoms with Crippen molar-refractivity contribution in [1.29, 1.82) is 0 Å². The number of ether oxygens (including phenoxy) is 1. The smallest absolute Gasteiger partial charge is 0.132 e. The number of thiophene rings is 1. The second-order valence-corrected chi connectivity index (χ2v) is 21.7. The Morgan fingerprint density at radius 1 is 0.286 bits per heavy atom. The van der Waals surface area contributed by atoms with E-state index < -0.39 is 10.8 Å². The van der Waals surface area contributed by atoms with Gasteiger partial charge in [0.25, 0.3) is 0 Å². The Labute approximate surface area is 452 Å². The van der Waals surface area contributed by atoms with E-state index in [0.717, 1.165) is 39.7 Å². The maximum absolute atomic E-state index is 7.03. The van der Waals surface area contributed by atoms with Crippen LogP contribution in [0.2, 0.25) is 0 Å². The molecule has 77 heavy (non-hydrogen) atoms. The van der Waals surface area contributed by atoms with Crippen molar-refractivity contribution >= 4 is 48.6 Å². The average Bonchev–Trinajstić information content (AvgIpc) is 4.13. The van der Waals surface area contributed by atoms with Gasteiger partial charge >= 0.3 is 0 Å². The number of fused-ring (bicyclic) bond motifs is 15. The second-order valence-electron chi connectivity index (χ2n) is 20.6. The van der Waals surface area contributed by atoms with Crippen molar-refractivity contribution in [2.45, 2.75) is 10.8 Å². The third-order valence-electron chi connectivity index (χ3n) is 16.8. The number of benzene rings is 12. The molecule has 16 rings (SSSR count). The maximum atomic E-state index is 7.03. The first kappa shape index (κ1) is 43.8. The molecule has 0 saturated heterocycles. The Morgan fingerprint density at radius 3 is 1.55 bits per heavy atom. The predicted octanol–water partition coefficient (Wildman–Crippen LogP) is 19.7. The van der Waals surface area contributed by atoms with Gasteiger partial charge < -0.3 is 9.64 Å². The van der Waals surface area contributed by atoms with Crippen molar-refractivity contribution in [1.82, 2.24) is 0 Å². The molecule has 0 fully saturated rings. The molecular formula is C74H47NOS. The minimum Gasteiger partial charge on any atom is -0.457 e. The summed E-state index contributed by atoms with van der Waals surface area (Å²) < 4.78 is 9.56. The van der Waals surface area contributed by atoms with E-state index in [4.69, 9.17) is 4.74 Å². The van der Waals surface area contributed by atoms with Gasteiger partial charge in [0.15, 0.2) is 0 Å². The monoisotopic (exact) mass is 997 g/mol. The molecule has 1 aliphatic heterocycles. The van der Waals surface area contributed by atoms with Crippen molar-refractivity contribution in [2.75, 3.05) is 4.90 Å². The third-order valence-corrected chi connectivity index (χ3v) is 17.9. The molecular weight excluding hydrogens is 951 g/mol. The van der Waals surface area contributed by atoms with Crippen molar-refractivity contribution in [3.05, 3.63) is 330 Å². The van der Waals surface area contributed by atoms with Crippen LogP contribution >= 0.6 is 11.3 Å². The molecule has 2 aliphatic carbocycles. The Morgan fingerprint density at radius 2 is 0.818 bits per heavy atom. The van der Waals surface area contributed by atoms with Gasteiger partial charge in [0.05, 0.1) is 10.8 Å². The zero-order valence-electron chi connectivity index (χ0n) is 41.9. The number of nitrogens with zero attached hydrogens (tertiary/aromatic N) is 1. The minimum absolute atomic E-state index is 0.635. The van der Waals surface area contributed by atoms with Crippen LogP contribution in [0, 0.1) is 0 Å². The fourth-order valence-electron chi connectivity index (χ4n) is 13.7. The highest BCUT2D eigenvalue weighted by Crippen LogP contribution is 2.63. The molecule has 360 valence electrons. The lowest BCUT2D eigenvalue weighted by molar-refractivity contribution is 0.436. The summed E-state index contributed by atoms with van der Waals surface area (Å²) in [7, 11) is 0. The lowest BCUT2D eigenvalue weighted by Crippen LogP contribution is -2.32. The minimum atomic E-state index is -0.646. The zero-order valence-corrected chi connectivity index (χ0v) is 42.7. The Bertz CT molecular complexity index is 4450. The molecule has 0 amide bonds. The molecule has 12 aromatic carbocycles. The van der Waals surface area contributed by atoms with Gasteiger partial charge in [-0.15, -0.1) is 11.3 Å². The van der Waals surface area contributed by atoms with E-state index in [1.54, 1.807) is 0 Å². The standard InChI is InChI=1S/C74H47NOS/c1-4-20-48(21-5-1)50-38-41-60-59-30-10-13-32-62(59)73(66(60)44-50,51-24-8-3-9-25-51)52-26-18-27-53(45-52)75(54-40-43-70-61(46-54)72-56(31-19-37-71(72)77-70)49-22-6-2-7-23-49)55-39-42-69-67(47-55)74(65-35-16-17-36-68(65)76-69)63-33-14-11-28-57(63)58-29-12-15-34-64(58)74/h1-47H. The number of anilines is 3. The molecule has 1 spiro atoms. The van der Waals surface area contributed by atoms with Gasteiger partial charge in [0, 0.05) is 48.4 Å². The van der Waals surface area contributed by atoms with Crippen molar-refractivity contribution < 1.29 is 4.74 Å². The molecule has 3 heteroatoms. The summed E-state index contributed by atoms with van der Waals surface area (Å²) in [5, 5.41) is 2.51. The summed E-state index contributed by atoms with van der Waals surface area (Å²) in [6, 6.07) is 106. The van der Waals surface area contributed by atoms with E-state index >= 15 is 0 Å². The average molecular weight is 998 g/mol. The van der Waals surface area contributed by atoms with Crippen LogP contribution in [0.15, 0.2) is 285 Å². The second kappa shape index (κ2) is 17.0. The first-order valence-corrected chi connectivity index (χ1v) is 27.4. The topological polar surface area (TPSA) is 12.5 Å². The Balaban J connectivity index is 0.977. The van der Waals surface area contributed by atoms with E-state index in [9.17, 15) is 0 Å². The maximum Gasteiger partial charge on any atom is 0.132 e. The molecule has 0 bridgehead atoms. The molecule has 2 nitrogen and oxygen atoms in total. The normalized spacial score (nSPS) is 15.0. The van der Waals surface area contributed by atoms with Crippen molar-refractivity contribution in [2.24, 2.45) is 0 Å². The summed E-state index contributed by atoms with van der Waals surface area (Å²) in [6.45, 7) is 0. The molecule has 0 N–H and O–H groups in total. The lowest BCUT2D eigenvalue weighted by atomic mass is 9.66. The summed E-state index contributed by atoms with van der Waals surface area (Å²) in [5.41, 5.74) is 21.5. The number of hydrogen-bond acceptors (Lipinski definition) is 3. The highest BCUT2D eigenvalue weighted by atomic mass is 32.1. The molecule has 0 saturated carbocycles. The van der Waals surface area contributed by atoms with Gasteiger partial charge in [-0.25, -0.2) is 0 Å². The van der Waals surface area contributed by atoms with Gasteiger partial charge in [-0.2, -0.15) is 0 Å². The van der Waals surface area contributed by atoms with Crippen molar-refractivity contribution in [3.63, 3.8) is 0 Å². The number of para-hydroxylation sites is 1. The van der Waals surface area contributed by atoms with Crippen LogP contribution in [0.4, 0.5) is 17.1 Å². The molecule has 3 aliphatic rings. The Kier molecular flexibility index (Phi) is 9.67. The van der Waals surface area contributed by atoms with Crippen molar-refractivity contribution in [3.8, 4) is 56.0 Å². The Hall–Kier alpha value is -9.54. The highest BCUT2D eigenvalue weighted by molar-refractivity contribution is 7.26. The van der Waals surface area contributed by atoms with Crippen LogP contribution in [0.5, 0.6) is 11.5 Å². The van der Waals surface area contributed by atoms with E-state index in [1.807, 2.05) is 11.3 Å². The number of rotatable bonds is 7. The number of hydrogen-bond donors (Lipinski definition) is 0. The summed E-state index contributed by atoms with van der Waals surface area (Å²) in [5.74, 6) is 1.74. The van der Waals surface area contributed by atoms with Crippen LogP contribution in [-0.2, 0) is 10.8 Å².